The van der Waals surface area contributed by atoms with Gasteiger partial charge in [0.1, 0.15) is 5.69 Å². The second-order valence-electron chi connectivity index (χ2n) is 8.67. The molecule has 2 N–H and O–H groups in total. The maximum absolute atomic E-state index is 6.10. The van der Waals surface area contributed by atoms with Crippen molar-refractivity contribution in [1.29, 1.82) is 0 Å². The van der Waals surface area contributed by atoms with Crippen LogP contribution in [-0.2, 0) is 0 Å². The summed E-state index contributed by atoms with van der Waals surface area (Å²) in [7, 11) is 0. The number of nitrogens with zero attached hydrogens (tertiary/aromatic N) is 4. The fourth-order valence-electron chi connectivity index (χ4n) is 4.91. The number of aromatic amines is 2. The first kappa shape index (κ1) is 18.2. The Morgan fingerprint density at radius 1 is 1.07 bits per heavy atom. The molecule has 2 fully saturated rings. The number of fused-ring (bicyclic) bond motifs is 2. The fourth-order valence-corrected chi connectivity index (χ4v) is 5.09. The van der Waals surface area contributed by atoms with Gasteiger partial charge < -0.3 is 9.88 Å². The predicted molar refractivity (Wildman–Crippen MR) is 122 cm³/mol. The summed E-state index contributed by atoms with van der Waals surface area (Å²) in [6.45, 7) is 5.73. The summed E-state index contributed by atoms with van der Waals surface area (Å²) in [5, 5.41) is 9.23. The van der Waals surface area contributed by atoms with E-state index in [-0.39, 0.29) is 0 Å². The van der Waals surface area contributed by atoms with Crippen LogP contribution in [0.5, 0.6) is 0 Å². The highest BCUT2D eigenvalue weighted by Gasteiger charge is 2.31. The molecule has 6 nitrogen and oxygen atoms in total. The molecule has 3 heterocycles. The number of halogens is 1. The SMILES string of the molecule is C[C@H]1CN(C2CCC2)CCN1c1ccc2nc(-c3n[nH]c4cc(Cl)ccc34)[nH]c2c1. The van der Waals surface area contributed by atoms with Gasteiger partial charge in [-0.1, -0.05) is 18.0 Å². The van der Waals surface area contributed by atoms with Crippen molar-refractivity contribution < 1.29 is 0 Å². The highest BCUT2D eigenvalue weighted by Crippen LogP contribution is 2.31. The molecular weight excluding hydrogens is 396 g/mol. The van der Waals surface area contributed by atoms with Gasteiger partial charge in [-0.2, -0.15) is 5.10 Å². The van der Waals surface area contributed by atoms with Crippen LogP contribution >= 0.6 is 11.6 Å². The summed E-state index contributed by atoms with van der Waals surface area (Å²) in [6, 6.07) is 13.6. The lowest BCUT2D eigenvalue weighted by Gasteiger charge is -2.46. The number of anilines is 1. The predicted octanol–water partition coefficient (Wildman–Crippen LogP) is 4.82. The smallest absolute Gasteiger partial charge is 0.159 e. The van der Waals surface area contributed by atoms with Crippen molar-refractivity contribution in [2.75, 3.05) is 24.5 Å². The standard InChI is InChI=1S/C23H25ClN6/c1-14-13-29(16-3-2-4-16)9-10-30(14)17-6-8-19-21(12-17)26-23(25-19)22-18-7-5-15(24)11-20(18)27-28-22/h5-8,11-12,14,16H,2-4,9-10,13H2,1H3,(H,25,26)(H,27,28)/t14-/m0/s1. The van der Waals surface area contributed by atoms with Crippen molar-refractivity contribution in [2.45, 2.75) is 38.3 Å². The molecule has 1 atom stereocenters. The second kappa shape index (κ2) is 7.00. The average Bonchev–Trinajstić information content (AvgIpc) is 3.29. The molecule has 2 aromatic carbocycles. The molecule has 0 spiro atoms. The van der Waals surface area contributed by atoms with Crippen LogP contribution in [0, 0.1) is 0 Å². The number of nitrogens with one attached hydrogen (secondary N) is 2. The first-order valence-electron chi connectivity index (χ1n) is 10.8. The summed E-state index contributed by atoms with van der Waals surface area (Å²) in [5.41, 5.74) is 5.00. The molecule has 2 aliphatic rings. The third-order valence-corrected chi connectivity index (χ3v) is 7.03. The summed E-state index contributed by atoms with van der Waals surface area (Å²) in [6.07, 6.45) is 4.16. The van der Waals surface area contributed by atoms with Gasteiger partial charge in [-0.25, -0.2) is 4.98 Å². The van der Waals surface area contributed by atoms with E-state index < -0.39 is 0 Å². The minimum Gasteiger partial charge on any atom is -0.366 e. The number of piperazine rings is 1. The van der Waals surface area contributed by atoms with Gasteiger partial charge in [-0.15, -0.1) is 0 Å². The van der Waals surface area contributed by atoms with Crippen LogP contribution in [0.1, 0.15) is 26.2 Å². The zero-order valence-corrected chi connectivity index (χ0v) is 17.8. The van der Waals surface area contributed by atoms with Crippen molar-refractivity contribution in [3.63, 3.8) is 0 Å². The average molecular weight is 421 g/mol. The second-order valence-corrected chi connectivity index (χ2v) is 9.11. The Morgan fingerprint density at radius 2 is 1.97 bits per heavy atom. The molecule has 7 heteroatoms. The Labute approximate surface area is 180 Å². The van der Waals surface area contributed by atoms with Crippen LogP contribution in [0.3, 0.4) is 0 Å². The van der Waals surface area contributed by atoms with Crippen LogP contribution < -0.4 is 4.90 Å². The van der Waals surface area contributed by atoms with Crippen LogP contribution in [0.2, 0.25) is 5.02 Å². The fraction of sp³-hybridized carbons (Fsp3) is 0.391. The number of rotatable bonds is 3. The molecule has 6 rings (SSSR count). The highest BCUT2D eigenvalue weighted by molar-refractivity contribution is 6.31. The molecule has 0 radical (unpaired) electrons. The van der Waals surface area contributed by atoms with E-state index >= 15 is 0 Å². The summed E-state index contributed by atoms with van der Waals surface area (Å²) >= 11 is 6.10. The Bertz CT molecular complexity index is 1220. The molecular formula is C23H25ClN6. The van der Waals surface area contributed by atoms with Gasteiger partial charge in [-0.05, 0) is 56.2 Å². The Hall–Kier alpha value is -2.57. The first-order valence-corrected chi connectivity index (χ1v) is 11.2. The maximum atomic E-state index is 6.10. The van der Waals surface area contributed by atoms with Crippen LogP contribution in [-0.4, -0.2) is 56.8 Å². The molecule has 1 saturated heterocycles. The van der Waals surface area contributed by atoms with Crippen molar-refractivity contribution in [3.05, 3.63) is 41.4 Å². The zero-order chi connectivity index (χ0) is 20.2. The number of aromatic nitrogens is 4. The van der Waals surface area contributed by atoms with E-state index in [1.54, 1.807) is 0 Å². The molecule has 0 unspecified atom stereocenters. The molecule has 1 aliphatic carbocycles. The number of hydrogen-bond donors (Lipinski definition) is 2. The van der Waals surface area contributed by atoms with E-state index in [4.69, 9.17) is 16.6 Å². The van der Waals surface area contributed by atoms with Gasteiger partial charge in [0.2, 0.25) is 0 Å². The Kier molecular flexibility index (Phi) is 4.25. The topological polar surface area (TPSA) is 63.8 Å². The normalized spacial score (nSPS) is 20.9. The van der Waals surface area contributed by atoms with Gasteiger partial charge >= 0.3 is 0 Å². The third-order valence-electron chi connectivity index (χ3n) is 6.80. The van der Waals surface area contributed by atoms with E-state index in [1.807, 2.05) is 18.2 Å². The van der Waals surface area contributed by atoms with Crippen molar-refractivity contribution >= 4 is 39.2 Å². The minimum atomic E-state index is 0.513. The molecule has 154 valence electrons. The van der Waals surface area contributed by atoms with E-state index in [9.17, 15) is 0 Å². The van der Waals surface area contributed by atoms with E-state index in [0.717, 1.165) is 59.1 Å². The first-order chi connectivity index (χ1) is 14.7. The van der Waals surface area contributed by atoms with Crippen LogP contribution in [0.25, 0.3) is 33.5 Å². The zero-order valence-electron chi connectivity index (χ0n) is 17.0. The lowest BCUT2D eigenvalue weighted by molar-refractivity contribution is 0.106. The molecule has 1 aliphatic heterocycles. The molecule has 30 heavy (non-hydrogen) atoms. The summed E-state index contributed by atoms with van der Waals surface area (Å²) in [5.74, 6) is 0.776. The monoisotopic (exact) mass is 420 g/mol. The third kappa shape index (κ3) is 2.97. The summed E-state index contributed by atoms with van der Waals surface area (Å²) in [4.78, 5) is 13.5. The number of H-pyrrole nitrogens is 2. The van der Waals surface area contributed by atoms with Gasteiger partial charge in [0.25, 0.3) is 0 Å². The molecule has 0 amide bonds. The number of hydrogen-bond acceptors (Lipinski definition) is 4. The van der Waals surface area contributed by atoms with Crippen molar-refractivity contribution in [3.8, 4) is 11.5 Å². The quantitative estimate of drug-likeness (QED) is 0.498. The lowest BCUT2D eigenvalue weighted by atomic mass is 9.90. The van der Waals surface area contributed by atoms with E-state index in [2.05, 4.69) is 50.1 Å². The molecule has 2 aromatic heterocycles. The number of benzene rings is 2. The molecule has 0 bridgehead atoms. The van der Waals surface area contributed by atoms with Crippen molar-refractivity contribution in [2.24, 2.45) is 0 Å². The molecule has 1 saturated carbocycles. The maximum Gasteiger partial charge on any atom is 0.159 e. The van der Waals surface area contributed by atoms with Crippen LogP contribution in [0.4, 0.5) is 5.69 Å². The van der Waals surface area contributed by atoms with Gasteiger partial charge in [0.05, 0.1) is 16.6 Å². The Balaban J connectivity index is 1.30. The van der Waals surface area contributed by atoms with Crippen LogP contribution in [0.15, 0.2) is 36.4 Å². The summed E-state index contributed by atoms with van der Waals surface area (Å²) < 4.78 is 0. The highest BCUT2D eigenvalue weighted by atomic mass is 35.5. The largest absolute Gasteiger partial charge is 0.366 e. The van der Waals surface area contributed by atoms with Gasteiger partial charge in [-0.3, -0.25) is 10.00 Å². The Morgan fingerprint density at radius 3 is 2.77 bits per heavy atom. The van der Waals surface area contributed by atoms with E-state index in [0.29, 0.717) is 11.1 Å². The molecule has 4 aromatic rings. The lowest BCUT2D eigenvalue weighted by Crippen LogP contribution is -2.56. The number of imidazole rings is 1. The van der Waals surface area contributed by atoms with Gasteiger partial charge in [0.15, 0.2) is 5.82 Å². The van der Waals surface area contributed by atoms with E-state index in [1.165, 1.54) is 24.9 Å². The minimum absolute atomic E-state index is 0.513. The van der Waals surface area contributed by atoms with Gasteiger partial charge in [0, 0.05) is 47.8 Å². The van der Waals surface area contributed by atoms with Crippen molar-refractivity contribution in [1.82, 2.24) is 25.1 Å².